The van der Waals surface area contributed by atoms with Gasteiger partial charge in [0.25, 0.3) is 10.0 Å². The lowest BCUT2D eigenvalue weighted by molar-refractivity contribution is 0.281. The maximum Gasteiger partial charge on any atom is 0.261 e. The van der Waals surface area contributed by atoms with E-state index in [0.717, 1.165) is 6.07 Å². The van der Waals surface area contributed by atoms with Gasteiger partial charge in [-0.25, -0.2) is 12.8 Å². The Morgan fingerprint density at radius 3 is 2.67 bits per heavy atom. The molecule has 0 radical (unpaired) electrons. The van der Waals surface area contributed by atoms with Gasteiger partial charge in [0, 0.05) is 0 Å². The molecule has 0 heterocycles. The van der Waals surface area contributed by atoms with E-state index >= 15 is 0 Å². The number of nitrogens with one attached hydrogen (secondary N) is 1. The number of hydrogen-bond donors (Lipinski definition) is 2. The number of aliphatic hydroxyl groups excluding tert-OH is 1. The van der Waals surface area contributed by atoms with E-state index in [9.17, 15) is 12.8 Å². The minimum atomic E-state index is -3.84. The SMILES string of the molecule is Cc1cc(Br)c(F)cc1NS(=O)(=O)c1cccc(CO)c1. The molecule has 112 valence electrons. The number of anilines is 1. The summed E-state index contributed by atoms with van der Waals surface area (Å²) in [5, 5.41) is 9.06. The zero-order chi connectivity index (χ0) is 15.6. The number of benzene rings is 2. The third kappa shape index (κ3) is 3.61. The van der Waals surface area contributed by atoms with Gasteiger partial charge in [0.05, 0.1) is 21.7 Å². The van der Waals surface area contributed by atoms with Crippen LogP contribution < -0.4 is 4.72 Å². The zero-order valence-corrected chi connectivity index (χ0v) is 13.5. The van der Waals surface area contributed by atoms with Gasteiger partial charge in [-0.05, 0) is 58.2 Å². The molecule has 0 aliphatic rings. The molecule has 0 fully saturated rings. The van der Waals surface area contributed by atoms with Crippen LogP contribution in [0.4, 0.5) is 10.1 Å². The Hall–Kier alpha value is -1.44. The fourth-order valence-electron chi connectivity index (χ4n) is 1.77. The van der Waals surface area contributed by atoms with E-state index < -0.39 is 15.8 Å². The van der Waals surface area contributed by atoms with Gasteiger partial charge in [0.2, 0.25) is 0 Å². The van der Waals surface area contributed by atoms with Crippen LogP contribution in [0.2, 0.25) is 0 Å². The van der Waals surface area contributed by atoms with Gasteiger partial charge < -0.3 is 5.11 Å². The van der Waals surface area contributed by atoms with Gasteiger partial charge in [-0.15, -0.1) is 0 Å². The topological polar surface area (TPSA) is 66.4 Å². The molecule has 0 spiro atoms. The molecule has 0 unspecified atom stereocenters. The van der Waals surface area contributed by atoms with E-state index in [0.29, 0.717) is 11.1 Å². The quantitative estimate of drug-likeness (QED) is 0.864. The summed E-state index contributed by atoms with van der Waals surface area (Å²) in [6.07, 6.45) is 0. The van der Waals surface area contributed by atoms with Crippen LogP contribution in [0.1, 0.15) is 11.1 Å². The maximum atomic E-state index is 13.5. The first-order chi connectivity index (χ1) is 9.83. The van der Waals surface area contributed by atoms with E-state index in [1.54, 1.807) is 13.0 Å². The molecule has 0 aliphatic heterocycles. The fraction of sp³-hybridized carbons (Fsp3) is 0.143. The van der Waals surface area contributed by atoms with Crippen LogP contribution in [-0.2, 0) is 16.6 Å². The third-order valence-electron chi connectivity index (χ3n) is 2.90. The van der Waals surface area contributed by atoms with Gasteiger partial charge in [-0.1, -0.05) is 12.1 Å². The first-order valence-electron chi connectivity index (χ1n) is 6.02. The molecule has 2 rings (SSSR count). The maximum absolute atomic E-state index is 13.5. The molecule has 0 bridgehead atoms. The molecule has 0 amide bonds. The molecule has 7 heteroatoms. The second-order valence-corrected chi connectivity index (χ2v) is 7.03. The molecule has 0 aromatic heterocycles. The Balaban J connectivity index is 2.39. The van der Waals surface area contributed by atoms with Gasteiger partial charge in [0.1, 0.15) is 5.82 Å². The van der Waals surface area contributed by atoms with Crippen molar-refractivity contribution in [2.75, 3.05) is 4.72 Å². The van der Waals surface area contributed by atoms with Gasteiger partial charge in [-0.3, -0.25) is 4.72 Å². The minimum Gasteiger partial charge on any atom is -0.392 e. The number of rotatable bonds is 4. The lowest BCUT2D eigenvalue weighted by Gasteiger charge is -2.12. The smallest absolute Gasteiger partial charge is 0.261 e. The van der Waals surface area contributed by atoms with Crippen molar-refractivity contribution in [2.45, 2.75) is 18.4 Å². The van der Waals surface area contributed by atoms with Crippen LogP contribution in [0.15, 0.2) is 45.8 Å². The lowest BCUT2D eigenvalue weighted by atomic mass is 10.2. The molecule has 0 atom stereocenters. The summed E-state index contributed by atoms with van der Waals surface area (Å²) in [5.41, 5.74) is 1.24. The molecule has 2 aromatic carbocycles. The Kier molecular flexibility index (Phi) is 4.65. The van der Waals surface area contributed by atoms with Crippen molar-refractivity contribution in [1.82, 2.24) is 0 Å². The Morgan fingerprint density at radius 2 is 2.00 bits per heavy atom. The summed E-state index contributed by atoms with van der Waals surface area (Å²) >= 11 is 3.04. The molecular weight excluding hydrogens is 361 g/mol. The largest absolute Gasteiger partial charge is 0.392 e. The van der Waals surface area contributed by atoms with E-state index in [-0.39, 0.29) is 21.7 Å². The molecule has 2 aromatic rings. The highest BCUT2D eigenvalue weighted by atomic mass is 79.9. The van der Waals surface area contributed by atoms with Crippen molar-refractivity contribution in [1.29, 1.82) is 0 Å². The average Bonchev–Trinajstić information content (AvgIpc) is 2.44. The van der Waals surface area contributed by atoms with E-state index in [1.165, 1.54) is 24.3 Å². The molecule has 0 saturated heterocycles. The van der Waals surface area contributed by atoms with Crippen LogP contribution in [0.3, 0.4) is 0 Å². The monoisotopic (exact) mass is 373 g/mol. The first kappa shape index (κ1) is 15.9. The predicted molar refractivity (Wildman–Crippen MR) is 82.0 cm³/mol. The summed E-state index contributed by atoms with van der Waals surface area (Å²) in [4.78, 5) is 0.0109. The fourth-order valence-corrected chi connectivity index (χ4v) is 3.42. The van der Waals surface area contributed by atoms with Gasteiger partial charge in [0.15, 0.2) is 0 Å². The summed E-state index contributed by atoms with van der Waals surface area (Å²) < 4.78 is 40.7. The molecule has 0 saturated carbocycles. The predicted octanol–water partition coefficient (Wildman–Crippen LogP) is 3.19. The standard InChI is InChI=1S/C14H13BrFNO3S/c1-9-5-12(15)13(16)7-14(9)17-21(19,20)11-4-2-3-10(6-11)8-18/h2-7,17-18H,8H2,1H3. The molecule has 21 heavy (non-hydrogen) atoms. The van der Waals surface area contributed by atoms with Crippen molar-refractivity contribution >= 4 is 31.6 Å². The second-order valence-electron chi connectivity index (χ2n) is 4.49. The van der Waals surface area contributed by atoms with Crippen LogP contribution in [-0.4, -0.2) is 13.5 Å². The highest BCUT2D eigenvalue weighted by Gasteiger charge is 2.16. The Morgan fingerprint density at radius 1 is 1.29 bits per heavy atom. The minimum absolute atomic E-state index is 0.0109. The Labute approximate surface area is 130 Å². The van der Waals surface area contributed by atoms with Gasteiger partial charge >= 0.3 is 0 Å². The van der Waals surface area contributed by atoms with Crippen molar-refractivity contribution in [3.05, 3.63) is 57.8 Å². The van der Waals surface area contributed by atoms with Crippen LogP contribution >= 0.6 is 15.9 Å². The van der Waals surface area contributed by atoms with E-state index in [1.807, 2.05) is 0 Å². The third-order valence-corrected chi connectivity index (χ3v) is 4.87. The first-order valence-corrected chi connectivity index (χ1v) is 8.29. The highest BCUT2D eigenvalue weighted by molar-refractivity contribution is 9.10. The normalized spacial score (nSPS) is 11.4. The number of sulfonamides is 1. The molecule has 0 aliphatic carbocycles. The molecule has 2 N–H and O–H groups in total. The van der Waals surface area contributed by atoms with Crippen molar-refractivity contribution < 1.29 is 17.9 Å². The average molecular weight is 374 g/mol. The summed E-state index contributed by atoms with van der Waals surface area (Å²) in [5.74, 6) is -0.553. The van der Waals surface area contributed by atoms with Gasteiger partial charge in [-0.2, -0.15) is 0 Å². The highest BCUT2D eigenvalue weighted by Crippen LogP contribution is 2.26. The molecule has 4 nitrogen and oxygen atoms in total. The molecular formula is C14H13BrFNO3S. The number of halogens is 2. The number of aryl methyl sites for hydroxylation is 1. The van der Waals surface area contributed by atoms with Crippen molar-refractivity contribution in [3.63, 3.8) is 0 Å². The van der Waals surface area contributed by atoms with Crippen LogP contribution in [0.25, 0.3) is 0 Å². The van der Waals surface area contributed by atoms with Crippen molar-refractivity contribution in [2.24, 2.45) is 0 Å². The number of aliphatic hydroxyl groups is 1. The van der Waals surface area contributed by atoms with Crippen LogP contribution in [0, 0.1) is 12.7 Å². The summed E-state index contributed by atoms with van der Waals surface area (Å²) in [6, 6.07) is 8.54. The summed E-state index contributed by atoms with van der Waals surface area (Å²) in [6.45, 7) is 1.42. The zero-order valence-electron chi connectivity index (χ0n) is 11.1. The van der Waals surface area contributed by atoms with E-state index in [2.05, 4.69) is 20.7 Å². The Bertz CT molecular complexity index is 778. The van der Waals surface area contributed by atoms with Crippen molar-refractivity contribution in [3.8, 4) is 0 Å². The van der Waals surface area contributed by atoms with E-state index in [4.69, 9.17) is 5.11 Å². The van der Waals surface area contributed by atoms with Crippen LogP contribution in [0.5, 0.6) is 0 Å². The lowest BCUT2D eigenvalue weighted by Crippen LogP contribution is -2.14. The second kappa shape index (κ2) is 6.13. The summed E-state index contributed by atoms with van der Waals surface area (Å²) in [7, 11) is -3.84. The number of hydrogen-bond acceptors (Lipinski definition) is 3.